The van der Waals surface area contributed by atoms with E-state index in [4.69, 9.17) is 4.74 Å². The number of ether oxygens (including phenoxy) is 1. The number of nitrogens with zero attached hydrogens (tertiary/aromatic N) is 1. The van der Waals surface area contributed by atoms with Crippen molar-refractivity contribution in [3.63, 3.8) is 0 Å². The zero-order valence-corrected chi connectivity index (χ0v) is 7.59. The third kappa shape index (κ3) is 1.20. The summed E-state index contributed by atoms with van der Waals surface area (Å²) in [5, 5.41) is 11.1. The number of rotatable bonds is 2. The number of hydrogen-bond donors (Lipinski definition) is 2. The highest BCUT2D eigenvalue weighted by Crippen LogP contribution is 2.24. The molecule has 2 aromatic rings. The standard InChI is InChI=1S/C9H11N3O/c1-10-9-7-5-6(13-2)3-4-8(7)11-12-9/h3-5H,1-2H3,(H2,10,11,12). The summed E-state index contributed by atoms with van der Waals surface area (Å²) < 4.78 is 5.12. The largest absolute Gasteiger partial charge is 0.497 e. The predicted molar refractivity (Wildman–Crippen MR) is 52.2 cm³/mol. The third-order valence-corrected chi connectivity index (χ3v) is 2.01. The number of anilines is 1. The maximum atomic E-state index is 5.12. The van der Waals surface area contributed by atoms with Gasteiger partial charge in [0.05, 0.1) is 12.6 Å². The van der Waals surface area contributed by atoms with E-state index in [0.717, 1.165) is 22.5 Å². The molecule has 0 fully saturated rings. The van der Waals surface area contributed by atoms with Crippen molar-refractivity contribution in [2.45, 2.75) is 0 Å². The molecular formula is C9H11N3O. The molecule has 0 aliphatic heterocycles. The van der Waals surface area contributed by atoms with Gasteiger partial charge in [0.2, 0.25) is 0 Å². The van der Waals surface area contributed by atoms with Gasteiger partial charge in [0.15, 0.2) is 5.82 Å². The van der Waals surface area contributed by atoms with E-state index in [0.29, 0.717) is 0 Å². The van der Waals surface area contributed by atoms with E-state index in [1.54, 1.807) is 7.11 Å². The van der Waals surface area contributed by atoms with Crippen molar-refractivity contribution in [2.75, 3.05) is 19.5 Å². The highest BCUT2D eigenvalue weighted by atomic mass is 16.5. The van der Waals surface area contributed by atoms with Crippen LogP contribution in [-0.2, 0) is 0 Å². The van der Waals surface area contributed by atoms with Gasteiger partial charge in [-0.25, -0.2) is 0 Å². The summed E-state index contributed by atoms with van der Waals surface area (Å²) in [6.07, 6.45) is 0. The zero-order chi connectivity index (χ0) is 9.26. The third-order valence-electron chi connectivity index (χ3n) is 2.01. The first kappa shape index (κ1) is 7.91. The molecule has 13 heavy (non-hydrogen) atoms. The Hall–Kier alpha value is -1.71. The van der Waals surface area contributed by atoms with Gasteiger partial charge in [-0.15, -0.1) is 0 Å². The van der Waals surface area contributed by atoms with E-state index in [2.05, 4.69) is 15.5 Å². The lowest BCUT2D eigenvalue weighted by atomic mass is 10.2. The Morgan fingerprint density at radius 3 is 3.00 bits per heavy atom. The van der Waals surface area contributed by atoms with Crippen LogP contribution in [0.5, 0.6) is 5.75 Å². The molecular weight excluding hydrogens is 166 g/mol. The summed E-state index contributed by atoms with van der Waals surface area (Å²) in [4.78, 5) is 0. The highest BCUT2D eigenvalue weighted by Gasteiger charge is 2.03. The lowest BCUT2D eigenvalue weighted by Crippen LogP contribution is -1.88. The van der Waals surface area contributed by atoms with Crippen LogP contribution in [0.1, 0.15) is 0 Å². The molecule has 0 saturated heterocycles. The molecule has 2 rings (SSSR count). The molecule has 1 heterocycles. The fourth-order valence-corrected chi connectivity index (χ4v) is 1.31. The van der Waals surface area contributed by atoms with Crippen molar-refractivity contribution in [2.24, 2.45) is 0 Å². The number of aromatic nitrogens is 2. The smallest absolute Gasteiger partial charge is 0.155 e. The molecule has 0 aliphatic carbocycles. The van der Waals surface area contributed by atoms with Crippen LogP contribution < -0.4 is 10.1 Å². The Bertz CT molecular complexity index is 422. The summed E-state index contributed by atoms with van der Waals surface area (Å²) in [6, 6.07) is 5.80. The first-order chi connectivity index (χ1) is 6.35. The van der Waals surface area contributed by atoms with Crippen LogP contribution in [0, 0.1) is 0 Å². The number of nitrogens with one attached hydrogen (secondary N) is 2. The van der Waals surface area contributed by atoms with E-state index in [1.807, 2.05) is 25.2 Å². The molecule has 0 unspecified atom stereocenters. The van der Waals surface area contributed by atoms with Gasteiger partial charge in [0.1, 0.15) is 5.75 Å². The van der Waals surface area contributed by atoms with Crippen molar-refractivity contribution in [1.82, 2.24) is 10.2 Å². The van der Waals surface area contributed by atoms with Crippen LogP contribution in [0.3, 0.4) is 0 Å². The van der Waals surface area contributed by atoms with Gasteiger partial charge in [-0.05, 0) is 18.2 Å². The number of H-pyrrole nitrogens is 1. The topological polar surface area (TPSA) is 49.9 Å². The summed E-state index contributed by atoms with van der Waals surface area (Å²) in [5.41, 5.74) is 1.00. The van der Waals surface area contributed by atoms with Crippen molar-refractivity contribution in [3.8, 4) is 5.75 Å². The number of benzene rings is 1. The van der Waals surface area contributed by atoms with Crippen LogP contribution in [0.2, 0.25) is 0 Å². The normalized spacial score (nSPS) is 10.3. The fraction of sp³-hybridized carbons (Fsp3) is 0.222. The van der Waals surface area contributed by atoms with E-state index in [1.165, 1.54) is 0 Å². The highest BCUT2D eigenvalue weighted by molar-refractivity contribution is 5.90. The maximum Gasteiger partial charge on any atom is 0.155 e. The summed E-state index contributed by atoms with van der Waals surface area (Å²) in [6.45, 7) is 0. The van der Waals surface area contributed by atoms with Crippen LogP contribution in [0.4, 0.5) is 5.82 Å². The van der Waals surface area contributed by atoms with Crippen LogP contribution in [-0.4, -0.2) is 24.4 Å². The molecule has 0 spiro atoms. The molecule has 4 nitrogen and oxygen atoms in total. The minimum Gasteiger partial charge on any atom is -0.497 e. The minimum atomic E-state index is 0.838. The maximum absolute atomic E-state index is 5.12. The molecule has 0 atom stereocenters. The molecule has 0 radical (unpaired) electrons. The van der Waals surface area contributed by atoms with Gasteiger partial charge in [-0.2, -0.15) is 5.10 Å². The Balaban J connectivity index is 2.64. The second-order valence-corrected chi connectivity index (χ2v) is 2.73. The quantitative estimate of drug-likeness (QED) is 0.732. The lowest BCUT2D eigenvalue weighted by Gasteiger charge is -1.99. The SMILES string of the molecule is CNc1n[nH]c2ccc(OC)cc12. The Labute approximate surface area is 75.9 Å². The van der Waals surface area contributed by atoms with Crippen molar-refractivity contribution < 1.29 is 4.74 Å². The van der Waals surface area contributed by atoms with Gasteiger partial charge in [-0.3, -0.25) is 5.10 Å². The van der Waals surface area contributed by atoms with Crippen molar-refractivity contribution in [3.05, 3.63) is 18.2 Å². The Kier molecular flexibility index (Phi) is 1.81. The molecule has 1 aromatic heterocycles. The number of hydrogen-bond acceptors (Lipinski definition) is 3. The molecule has 0 saturated carbocycles. The van der Waals surface area contributed by atoms with E-state index in [9.17, 15) is 0 Å². The first-order valence-corrected chi connectivity index (χ1v) is 4.05. The van der Waals surface area contributed by atoms with Crippen molar-refractivity contribution >= 4 is 16.7 Å². The second kappa shape index (κ2) is 2.97. The van der Waals surface area contributed by atoms with E-state index >= 15 is 0 Å². The lowest BCUT2D eigenvalue weighted by molar-refractivity contribution is 0.415. The molecule has 68 valence electrons. The molecule has 0 amide bonds. The summed E-state index contributed by atoms with van der Waals surface area (Å²) >= 11 is 0. The van der Waals surface area contributed by atoms with E-state index in [-0.39, 0.29) is 0 Å². The van der Waals surface area contributed by atoms with Crippen LogP contribution >= 0.6 is 0 Å². The minimum absolute atomic E-state index is 0.838. The van der Waals surface area contributed by atoms with Gasteiger partial charge in [0, 0.05) is 12.4 Å². The monoisotopic (exact) mass is 177 g/mol. The molecule has 1 aromatic carbocycles. The van der Waals surface area contributed by atoms with Gasteiger partial charge >= 0.3 is 0 Å². The predicted octanol–water partition coefficient (Wildman–Crippen LogP) is 1.61. The van der Waals surface area contributed by atoms with E-state index < -0.39 is 0 Å². The molecule has 4 heteroatoms. The molecule has 0 aliphatic rings. The Morgan fingerprint density at radius 2 is 2.31 bits per heavy atom. The van der Waals surface area contributed by atoms with Crippen LogP contribution in [0.15, 0.2) is 18.2 Å². The average Bonchev–Trinajstić information content (AvgIpc) is 2.59. The first-order valence-electron chi connectivity index (χ1n) is 4.05. The van der Waals surface area contributed by atoms with Gasteiger partial charge in [-0.1, -0.05) is 0 Å². The number of fused-ring (bicyclic) bond motifs is 1. The second-order valence-electron chi connectivity index (χ2n) is 2.73. The molecule has 2 N–H and O–H groups in total. The summed E-state index contributed by atoms with van der Waals surface area (Å²) in [7, 11) is 3.50. The van der Waals surface area contributed by atoms with Crippen LogP contribution in [0.25, 0.3) is 10.9 Å². The van der Waals surface area contributed by atoms with Gasteiger partial charge < -0.3 is 10.1 Å². The average molecular weight is 177 g/mol. The number of aromatic amines is 1. The van der Waals surface area contributed by atoms with Crippen molar-refractivity contribution in [1.29, 1.82) is 0 Å². The summed E-state index contributed by atoms with van der Waals surface area (Å²) in [5.74, 6) is 1.68. The molecule has 0 bridgehead atoms. The number of methoxy groups -OCH3 is 1. The zero-order valence-electron chi connectivity index (χ0n) is 7.59. The Morgan fingerprint density at radius 1 is 1.46 bits per heavy atom. The fourth-order valence-electron chi connectivity index (χ4n) is 1.31. The van der Waals surface area contributed by atoms with Gasteiger partial charge in [0.25, 0.3) is 0 Å².